The fourth-order valence-electron chi connectivity index (χ4n) is 7.04. The lowest BCUT2D eigenvalue weighted by molar-refractivity contribution is 0.673. The molecule has 0 amide bonds. The lowest BCUT2D eigenvalue weighted by atomic mass is 10.00. The molecule has 0 bridgehead atoms. The molecule has 232 valence electrons. The van der Waals surface area contributed by atoms with Crippen molar-refractivity contribution in [3.05, 3.63) is 194 Å². The van der Waals surface area contributed by atoms with E-state index >= 15 is 0 Å². The molecule has 0 saturated carbocycles. The number of fused-ring (bicyclic) bond motifs is 5. The van der Waals surface area contributed by atoms with E-state index in [9.17, 15) is 0 Å². The Morgan fingerprint density at radius 1 is 0.327 bits per heavy atom. The van der Waals surface area contributed by atoms with Crippen molar-refractivity contribution in [2.24, 2.45) is 0 Å². The van der Waals surface area contributed by atoms with Gasteiger partial charge in [0.1, 0.15) is 5.58 Å². The first-order valence-electron chi connectivity index (χ1n) is 16.6. The van der Waals surface area contributed by atoms with E-state index in [0.717, 1.165) is 78.0 Å². The summed E-state index contributed by atoms with van der Waals surface area (Å²) < 4.78 is 7.13. The molecule has 0 aliphatic rings. The summed E-state index contributed by atoms with van der Waals surface area (Å²) in [6.07, 6.45) is 0. The Kier molecular flexibility index (Phi) is 7.14. The normalized spacial score (nSPS) is 11.3. The Morgan fingerprint density at radius 2 is 0.857 bits per heavy atom. The molecule has 1 heterocycles. The molecule has 3 nitrogen and oxygen atoms in total. The molecule has 8 aromatic carbocycles. The monoisotopic (exact) mass is 628 g/mol. The predicted octanol–water partition coefficient (Wildman–Crippen LogP) is 13.3. The molecule has 0 saturated heterocycles. The van der Waals surface area contributed by atoms with Crippen LogP contribution >= 0.6 is 0 Å². The smallest absolute Gasteiger partial charge is 0.161 e. The lowest BCUT2D eigenvalue weighted by Gasteiger charge is -2.30. The molecule has 0 N–H and O–H groups in total. The summed E-state index contributed by atoms with van der Waals surface area (Å²) in [5.41, 5.74) is 10.3. The molecule has 3 heteroatoms. The second-order valence-electron chi connectivity index (χ2n) is 12.1. The largest absolute Gasteiger partial charge is 0.453 e. The number of nitrogens with zero attached hydrogens (tertiary/aromatic N) is 2. The number of furan rings is 1. The maximum atomic E-state index is 7.13. The Balaban J connectivity index is 1.40. The highest BCUT2D eigenvalue weighted by molar-refractivity contribution is 6.22. The van der Waals surface area contributed by atoms with Gasteiger partial charge in [0, 0.05) is 33.4 Å². The minimum atomic E-state index is 0.828. The number of hydrogen-bond donors (Lipinski definition) is 0. The summed E-state index contributed by atoms with van der Waals surface area (Å²) in [7, 11) is 0. The molecular weight excluding hydrogens is 597 g/mol. The van der Waals surface area contributed by atoms with Crippen molar-refractivity contribution in [2.45, 2.75) is 0 Å². The third kappa shape index (κ3) is 5.00. The van der Waals surface area contributed by atoms with Gasteiger partial charge in [-0.05, 0) is 71.6 Å². The van der Waals surface area contributed by atoms with Crippen molar-refractivity contribution in [1.82, 2.24) is 0 Å². The van der Waals surface area contributed by atoms with Crippen molar-refractivity contribution in [3.63, 3.8) is 0 Å². The van der Waals surface area contributed by atoms with Crippen LogP contribution in [0.15, 0.2) is 199 Å². The van der Waals surface area contributed by atoms with Gasteiger partial charge >= 0.3 is 0 Å². The molecule has 0 unspecified atom stereocenters. The Morgan fingerprint density at radius 3 is 1.53 bits per heavy atom. The average Bonchev–Trinajstić information content (AvgIpc) is 3.58. The van der Waals surface area contributed by atoms with Crippen molar-refractivity contribution in [1.29, 1.82) is 0 Å². The Labute approximate surface area is 285 Å². The van der Waals surface area contributed by atoms with Crippen LogP contribution in [0.1, 0.15) is 0 Å². The first-order valence-corrected chi connectivity index (χ1v) is 16.6. The van der Waals surface area contributed by atoms with E-state index in [0.29, 0.717) is 0 Å². The molecule has 9 rings (SSSR count). The molecule has 0 aliphatic heterocycles. The number of anilines is 6. The minimum Gasteiger partial charge on any atom is -0.453 e. The zero-order valence-corrected chi connectivity index (χ0v) is 26.8. The van der Waals surface area contributed by atoms with Crippen LogP contribution in [0.2, 0.25) is 0 Å². The van der Waals surface area contributed by atoms with Crippen LogP contribution in [0.3, 0.4) is 0 Å². The van der Waals surface area contributed by atoms with E-state index in [-0.39, 0.29) is 0 Å². The predicted molar refractivity (Wildman–Crippen MR) is 206 cm³/mol. The Bertz CT molecular complexity index is 2500. The van der Waals surface area contributed by atoms with Crippen LogP contribution in [0.25, 0.3) is 43.8 Å². The van der Waals surface area contributed by atoms with Gasteiger partial charge in [-0.15, -0.1) is 0 Å². The van der Waals surface area contributed by atoms with Crippen LogP contribution < -0.4 is 9.80 Å². The first kappa shape index (κ1) is 28.6. The van der Waals surface area contributed by atoms with E-state index in [4.69, 9.17) is 4.42 Å². The van der Waals surface area contributed by atoms with Gasteiger partial charge in [-0.2, -0.15) is 0 Å². The van der Waals surface area contributed by atoms with Crippen molar-refractivity contribution < 1.29 is 4.42 Å². The number of benzene rings is 8. The zero-order valence-electron chi connectivity index (χ0n) is 26.8. The van der Waals surface area contributed by atoms with Crippen LogP contribution in [0.5, 0.6) is 0 Å². The first-order chi connectivity index (χ1) is 24.3. The van der Waals surface area contributed by atoms with Crippen molar-refractivity contribution >= 4 is 66.8 Å². The molecular formula is C46H32N2O. The van der Waals surface area contributed by atoms with E-state index < -0.39 is 0 Å². The number of para-hydroxylation sites is 4. The molecule has 49 heavy (non-hydrogen) atoms. The topological polar surface area (TPSA) is 19.6 Å². The molecule has 0 aliphatic carbocycles. The number of rotatable bonds is 7. The fourth-order valence-corrected chi connectivity index (χ4v) is 7.04. The van der Waals surface area contributed by atoms with Gasteiger partial charge in [0.05, 0.1) is 22.4 Å². The van der Waals surface area contributed by atoms with Crippen molar-refractivity contribution in [3.8, 4) is 11.1 Å². The standard InChI is InChI=1S/C46H32N2O/c1-5-17-33(18-6-1)38-26-15-16-28-41(38)48(37-24-11-4-12-25-37)42-31-32-43(47(35-20-7-2-8-21-35)36-22-9-3-10-23-36)46-44(42)40-30-29-34-19-13-14-27-39(34)45(40)49-46/h1-32H. The summed E-state index contributed by atoms with van der Waals surface area (Å²) in [5, 5.41) is 4.37. The van der Waals surface area contributed by atoms with E-state index in [1.54, 1.807) is 0 Å². The van der Waals surface area contributed by atoms with Crippen molar-refractivity contribution in [2.75, 3.05) is 9.80 Å². The van der Waals surface area contributed by atoms with E-state index in [1.807, 2.05) is 0 Å². The van der Waals surface area contributed by atoms with E-state index in [1.165, 1.54) is 0 Å². The SMILES string of the molecule is c1ccc(-c2ccccc2N(c2ccccc2)c2ccc(N(c3ccccc3)c3ccccc3)c3oc4c5ccccc5ccc4c23)cc1. The van der Waals surface area contributed by atoms with Gasteiger partial charge in [0.2, 0.25) is 0 Å². The molecule has 1 aromatic heterocycles. The van der Waals surface area contributed by atoms with Gasteiger partial charge < -0.3 is 14.2 Å². The summed E-state index contributed by atoms with van der Waals surface area (Å²) in [5.74, 6) is 0. The molecule has 0 atom stereocenters. The van der Waals surface area contributed by atoms with Gasteiger partial charge in [0.15, 0.2) is 5.58 Å². The highest BCUT2D eigenvalue weighted by Gasteiger charge is 2.26. The third-order valence-corrected chi connectivity index (χ3v) is 9.22. The molecule has 0 fully saturated rings. The summed E-state index contributed by atoms with van der Waals surface area (Å²) in [4.78, 5) is 4.68. The molecule has 9 aromatic rings. The summed E-state index contributed by atoms with van der Waals surface area (Å²) >= 11 is 0. The highest BCUT2D eigenvalue weighted by atomic mass is 16.3. The van der Waals surface area contributed by atoms with Crippen LogP contribution in [-0.4, -0.2) is 0 Å². The second-order valence-corrected chi connectivity index (χ2v) is 12.1. The quantitative estimate of drug-likeness (QED) is 0.175. The summed E-state index contributed by atoms with van der Waals surface area (Å²) in [6.45, 7) is 0. The Hall–Kier alpha value is -6.58. The lowest BCUT2D eigenvalue weighted by Crippen LogP contribution is -2.13. The van der Waals surface area contributed by atoms with Crippen LogP contribution in [-0.2, 0) is 0 Å². The maximum Gasteiger partial charge on any atom is 0.161 e. The second kappa shape index (κ2) is 12.2. The average molecular weight is 629 g/mol. The fraction of sp³-hybridized carbons (Fsp3) is 0. The summed E-state index contributed by atoms with van der Waals surface area (Å²) in [6, 6.07) is 68.3. The third-order valence-electron chi connectivity index (χ3n) is 9.22. The minimum absolute atomic E-state index is 0.828. The highest BCUT2D eigenvalue weighted by Crippen LogP contribution is 2.50. The molecule has 0 radical (unpaired) electrons. The number of hydrogen-bond acceptors (Lipinski definition) is 3. The molecule has 0 spiro atoms. The van der Waals surface area contributed by atoms with E-state index in [2.05, 4.69) is 204 Å². The van der Waals surface area contributed by atoms with Gasteiger partial charge in [-0.1, -0.05) is 133 Å². The zero-order chi connectivity index (χ0) is 32.6. The van der Waals surface area contributed by atoms with Gasteiger partial charge in [-0.3, -0.25) is 0 Å². The van der Waals surface area contributed by atoms with Gasteiger partial charge in [-0.25, -0.2) is 0 Å². The van der Waals surface area contributed by atoms with Gasteiger partial charge in [0.25, 0.3) is 0 Å². The van der Waals surface area contributed by atoms with Crippen LogP contribution in [0, 0.1) is 0 Å². The van der Waals surface area contributed by atoms with Crippen LogP contribution in [0.4, 0.5) is 34.1 Å². The maximum absolute atomic E-state index is 7.13.